The van der Waals surface area contributed by atoms with Gasteiger partial charge in [-0.05, 0) is 31.2 Å². The minimum atomic E-state index is -0.851. The standard InChI is InChI=1S/C13H16N2O5/c1-8(11(16)15-13(18)14-2)20-10-6-4-9(5-7-10)12(17)19-3/h4-8H,1-3H3,(H2,14,15,16,18)/t8-/m1/s1. The van der Waals surface area contributed by atoms with Gasteiger partial charge in [-0.3, -0.25) is 10.1 Å². The Morgan fingerprint density at radius 2 is 1.75 bits per heavy atom. The van der Waals surface area contributed by atoms with E-state index in [9.17, 15) is 14.4 Å². The number of rotatable bonds is 4. The van der Waals surface area contributed by atoms with Crippen molar-refractivity contribution < 1.29 is 23.9 Å². The van der Waals surface area contributed by atoms with Gasteiger partial charge in [-0.2, -0.15) is 0 Å². The minimum Gasteiger partial charge on any atom is -0.481 e. The van der Waals surface area contributed by atoms with Crippen LogP contribution in [0.5, 0.6) is 5.75 Å². The summed E-state index contributed by atoms with van der Waals surface area (Å²) in [5.74, 6) is -0.624. The van der Waals surface area contributed by atoms with E-state index in [4.69, 9.17) is 4.74 Å². The molecule has 2 N–H and O–H groups in total. The molecule has 0 unspecified atom stereocenters. The second-order valence-corrected chi connectivity index (χ2v) is 3.84. The van der Waals surface area contributed by atoms with Crippen molar-refractivity contribution in [2.75, 3.05) is 14.2 Å². The molecule has 0 saturated carbocycles. The largest absolute Gasteiger partial charge is 0.481 e. The Bertz CT molecular complexity index is 498. The molecule has 0 saturated heterocycles. The summed E-state index contributed by atoms with van der Waals surface area (Å²) in [5, 5.41) is 4.36. The number of urea groups is 1. The molecule has 0 aromatic heterocycles. The van der Waals surface area contributed by atoms with Crippen LogP contribution in [0, 0.1) is 0 Å². The molecule has 1 aromatic rings. The van der Waals surface area contributed by atoms with Gasteiger partial charge >= 0.3 is 12.0 Å². The first-order valence-electron chi connectivity index (χ1n) is 5.85. The van der Waals surface area contributed by atoms with Gasteiger partial charge < -0.3 is 14.8 Å². The average Bonchev–Trinajstić information content (AvgIpc) is 2.46. The summed E-state index contributed by atoms with van der Waals surface area (Å²) in [6.07, 6.45) is -0.851. The number of nitrogens with one attached hydrogen (secondary N) is 2. The summed E-state index contributed by atoms with van der Waals surface area (Å²) in [7, 11) is 2.69. The maximum atomic E-state index is 11.6. The molecule has 108 valence electrons. The van der Waals surface area contributed by atoms with E-state index in [1.54, 1.807) is 0 Å². The van der Waals surface area contributed by atoms with Gasteiger partial charge in [0.15, 0.2) is 6.10 Å². The fourth-order valence-corrected chi connectivity index (χ4v) is 1.32. The number of imide groups is 1. The fraction of sp³-hybridized carbons (Fsp3) is 0.308. The third kappa shape index (κ3) is 4.27. The lowest BCUT2D eigenvalue weighted by Gasteiger charge is -2.14. The molecule has 1 atom stereocenters. The SMILES string of the molecule is CNC(=O)NC(=O)[C@@H](C)Oc1ccc(C(=O)OC)cc1. The number of methoxy groups -OCH3 is 1. The molecule has 0 spiro atoms. The van der Waals surface area contributed by atoms with Gasteiger partial charge in [0, 0.05) is 7.05 Å². The van der Waals surface area contributed by atoms with Crippen molar-refractivity contribution >= 4 is 17.9 Å². The van der Waals surface area contributed by atoms with Crippen LogP contribution in [0.15, 0.2) is 24.3 Å². The normalized spacial score (nSPS) is 11.2. The smallest absolute Gasteiger partial charge is 0.337 e. The number of carbonyl (C=O) groups is 3. The van der Waals surface area contributed by atoms with E-state index >= 15 is 0 Å². The quantitative estimate of drug-likeness (QED) is 0.792. The van der Waals surface area contributed by atoms with Gasteiger partial charge in [0.2, 0.25) is 0 Å². The number of amides is 3. The Kier molecular flexibility index (Phi) is 5.52. The van der Waals surface area contributed by atoms with Crippen molar-refractivity contribution in [2.45, 2.75) is 13.0 Å². The van der Waals surface area contributed by atoms with Crippen LogP contribution in [-0.2, 0) is 9.53 Å². The number of carbonyl (C=O) groups excluding carboxylic acids is 3. The van der Waals surface area contributed by atoms with E-state index in [0.29, 0.717) is 11.3 Å². The molecule has 1 aromatic carbocycles. The molecule has 7 nitrogen and oxygen atoms in total. The predicted octanol–water partition coefficient (Wildman–Crippen LogP) is 0.696. The average molecular weight is 280 g/mol. The summed E-state index contributed by atoms with van der Waals surface area (Å²) >= 11 is 0. The second kappa shape index (κ2) is 7.13. The van der Waals surface area contributed by atoms with Crippen LogP contribution in [0.25, 0.3) is 0 Å². The van der Waals surface area contributed by atoms with E-state index in [2.05, 4.69) is 15.4 Å². The Morgan fingerprint density at radius 3 is 2.25 bits per heavy atom. The Balaban J connectivity index is 2.62. The first kappa shape index (κ1) is 15.5. The van der Waals surface area contributed by atoms with Gasteiger partial charge in [-0.1, -0.05) is 0 Å². The van der Waals surface area contributed by atoms with E-state index < -0.39 is 24.0 Å². The second-order valence-electron chi connectivity index (χ2n) is 3.84. The molecule has 7 heteroatoms. The number of benzene rings is 1. The first-order valence-corrected chi connectivity index (χ1v) is 5.85. The number of ether oxygens (including phenoxy) is 2. The maximum Gasteiger partial charge on any atom is 0.337 e. The lowest BCUT2D eigenvalue weighted by molar-refractivity contribution is -0.126. The lowest BCUT2D eigenvalue weighted by atomic mass is 10.2. The molecule has 20 heavy (non-hydrogen) atoms. The van der Waals surface area contributed by atoms with Crippen LogP contribution in [0.2, 0.25) is 0 Å². The summed E-state index contributed by atoms with van der Waals surface area (Å²) in [5.41, 5.74) is 0.377. The molecule has 0 bridgehead atoms. The molecule has 0 fully saturated rings. The van der Waals surface area contributed by atoms with Crippen molar-refractivity contribution in [2.24, 2.45) is 0 Å². The van der Waals surface area contributed by atoms with E-state index in [0.717, 1.165) is 0 Å². The molecule has 0 aliphatic carbocycles. The van der Waals surface area contributed by atoms with Gasteiger partial charge in [-0.25, -0.2) is 9.59 Å². The molecule has 0 radical (unpaired) electrons. The number of esters is 1. The third-order valence-electron chi connectivity index (χ3n) is 2.42. The van der Waals surface area contributed by atoms with Crippen molar-refractivity contribution in [3.63, 3.8) is 0 Å². The van der Waals surface area contributed by atoms with Crippen LogP contribution in [0.4, 0.5) is 4.79 Å². The highest BCUT2D eigenvalue weighted by atomic mass is 16.5. The predicted molar refractivity (Wildman–Crippen MR) is 70.5 cm³/mol. The highest BCUT2D eigenvalue weighted by Crippen LogP contribution is 2.14. The Hall–Kier alpha value is -2.57. The van der Waals surface area contributed by atoms with E-state index in [1.807, 2.05) is 0 Å². The fourth-order valence-electron chi connectivity index (χ4n) is 1.32. The summed E-state index contributed by atoms with van der Waals surface area (Å²) in [6.45, 7) is 1.51. The number of hydrogen-bond donors (Lipinski definition) is 2. The van der Waals surface area contributed by atoms with Gasteiger partial charge in [0.05, 0.1) is 12.7 Å². The summed E-state index contributed by atoms with van der Waals surface area (Å²) in [6, 6.07) is 5.51. The van der Waals surface area contributed by atoms with Crippen LogP contribution < -0.4 is 15.4 Å². The zero-order valence-corrected chi connectivity index (χ0v) is 11.4. The zero-order chi connectivity index (χ0) is 15.1. The van der Waals surface area contributed by atoms with Crippen molar-refractivity contribution in [3.8, 4) is 5.75 Å². The molecule has 3 amide bonds. The summed E-state index contributed by atoms with van der Waals surface area (Å²) in [4.78, 5) is 33.8. The van der Waals surface area contributed by atoms with Crippen molar-refractivity contribution in [1.82, 2.24) is 10.6 Å². The first-order chi connectivity index (χ1) is 9.47. The zero-order valence-electron chi connectivity index (χ0n) is 11.4. The van der Waals surface area contributed by atoms with Crippen molar-refractivity contribution in [1.29, 1.82) is 0 Å². The van der Waals surface area contributed by atoms with Gasteiger partial charge in [0.25, 0.3) is 5.91 Å². The van der Waals surface area contributed by atoms with Crippen LogP contribution in [-0.4, -0.2) is 38.2 Å². The molecular weight excluding hydrogens is 264 g/mol. The molecule has 1 rings (SSSR count). The van der Waals surface area contributed by atoms with Crippen LogP contribution >= 0.6 is 0 Å². The molecule has 0 aliphatic rings. The monoisotopic (exact) mass is 280 g/mol. The maximum absolute atomic E-state index is 11.6. The molecule has 0 heterocycles. The Morgan fingerprint density at radius 1 is 1.15 bits per heavy atom. The molecule has 0 aliphatic heterocycles. The number of hydrogen-bond acceptors (Lipinski definition) is 5. The highest BCUT2D eigenvalue weighted by Gasteiger charge is 2.17. The minimum absolute atomic E-state index is 0.377. The molecular formula is C13H16N2O5. The van der Waals surface area contributed by atoms with Crippen LogP contribution in [0.1, 0.15) is 17.3 Å². The van der Waals surface area contributed by atoms with Crippen molar-refractivity contribution in [3.05, 3.63) is 29.8 Å². The van der Waals surface area contributed by atoms with Gasteiger partial charge in [0.1, 0.15) is 5.75 Å². The third-order valence-corrected chi connectivity index (χ3v) is 2.42. The lowest BCUT2D eigenvalue weighted by Crippen LogP contribution is -2.43. The Labute approximate surface area is 116 Å². The summed E-state index contributed by atoms with van der Waals surface area (Å²) < 4.78 is 9.91. The van der Waals surface area contributed by atoms with Crippen LogP contribution in [0.3, 0.4) is 0 Å². The van der Waals surface area contributed by atoms with E-state index in [1.165, 1.54) is 45.3 Å². The highest BCUT2D eigenvalue weighted by molar-refractivity contribution is 5.96. The van der Waals surface area contributed by atoms with Gasteiger partial charge in [-0.15, -0.1) is 0 Å². The topological polar surface area (TPSA) is 93.7 Å². The van der Waals surface area contributed by atoms with E-state index in [-0.39, 0.29) is 0 Å².